The number of carbonyl (C=O) groups excluding carboxylic acids is 1. The van der Waals surface area contributed by atoms with Crippen molar-refractivity contribution >= 4 is 11.9 Å². The third-order valence-corrected chi connectivity index (χ3v) is 4.53. The minimum absolute atomic E-state index is 0.163. The van der Waals surface area contributed by atoms with Crippen LogP contribution in [0.1, 0.15) is 38.3 Å². The maximum Gasteiger partial charge on any atom is 0.307 e. The molecule has 1 aliphatic rings. The zero-order chi connectivity index (χ0) is 17.7. The molecule has 130 valence electrons. The highest BCUT2D eigenvalue weighted by molar-refractivity contribution is 5.85. The minimum atomic E-state index is -0.912. The molecule has 0 spiro atoms. The molecule has 5 nitrogen and oxygen atoms in total. The van der Waals surface area contributed by atoms with Crippen LogP contribution in [0.15, 0.2) is 36.4 Å². The Balaban J connectivity index is 2.15. The van der Waals surface area contributed by atoms with Crippen LogP contribution < -0.4 is 10.1 Å². The van der Waals surface area contributed by atoms with E-state index in [0.717, 1.165) is 11.3 Å². The Labute approximate surface area is 142 Å². The third-order valence-electron chi connectivity index (χ3n) is 4.53. The Morgan fingerprint density at radius 2 is 1.71 bits per heavy atom. The average molecular weight is 331 g/mol. The summed E-state index contributed by atoms with van der Waals surface area (Å²) in [6, 6.07) is 7.42. The summed E-state index contributed by atoms with van der Waals surface area (Å²) in [6.07, 6.45) is 4.60. The number of carboxylic acids is 1. The normalized spacial score (nSPS) is 21.3. The Kier molecular flexibility index (Phi) is 6.01. The van der Waals surface area contributed by atoms with Crippen molar-refractivity contribution in [2.45, 2.75) is 32.7 Å². The van der Waals surface area contributed by atoms with Crippen molar-refractivity contribution in [3.8, 4) is 5.75 Å². The van der Waals surface area contributed by atoms with Gasteiger partial charge < -0.3 is 15.2 Å². The second-order valence-electron chi connectivity index (χ2n) is 6.50. The summed E-state index contributed by atoms with van der Waals surface area (Å²) in [5.74, 6) is -1.34. The molecule has 0 heterocycles. The van der Waals surface area contributed by atoms with E-state index >= 15 is 0 Å². The van der Waals surface area contributed by atoms with Crippen molar-refractivity contribution in [1.29, 1.82) is 0 Å². The molecule has 1 aromatic carbocycles. The quantitative estimate of drug-likeness (QED) is 0.785. The predicted molar refractivity (Wildman–Crippen MR) is 91.7 cm³/mol. The topological polar surface area (TPSA) is 75.6 Å². The smallest absolute Gasteiger partial charge is 0.307 e. The van der Waals surface area contributed by atoms with Crippen LogP contribution in [0.4, 0.5) is 0 Å². The summed E-state index contributed by atoms with van der Waals surface area (Å²) in [5.41, 5.74) is 0.984. The molecule has 0 aliphatic heterocycles. The van der Waals surface area contributed by atoms with Gasteiger partial charge in [-0.2, -0.15) is 0 Å². The van der Waals surface area contributed by atoms with E-state index in [1.807, 2.05) is 50.3 Å². The number of ether oxygens (including phenoxy) is 1. The summed E-state index contributed by atoms with van der Waals surface area (Å²) in [5, 5.41) is 12.4. The highest BCUT2D eigenvalue weighted by atomic mass is 16.5. The van der Waals surface area contributed by atoms with E-state index in [9.17, 15) is 14.7 Å². The molecule has 0 saturated carbocycles. The molecule has 2 rings (SSSR count). The number of amides is 1. The molecule has 24 heavy (non-hydrogen) atoms. The molecule has 1 aliphatic carbocycles. The van der Waals surface area contributed by atoms with Crippen LogP contribution >= 0.6 is 0 Å². The number of allylic oxidation sites excluding steroid dienone is 2. The molecule has 3 atom stereocenters. The Morgan fingerprint density at radius 3 is 2.21 bits per heavy atom. The summed E-state index contributed by atoms with van der Waals surface area (Å²) in [6.45, 7) is 4.06. The Hall–Kier alpha value is -2.30. The van der Waals surface area contributed by atoms with Gasteiger partial charge in [0, 0.05) is 0 Å². The van der Waals surface area contributed by atoms with E-state index in [4.69, 9.17) is 4.74 Å². The maximum atomic E-state index is 12.7. The molecule has 0 fully saturated rings. The first-order valence-corrected chi connectivity index (χ1v) is 8.26. The molecule has 0 radical (unpaired) electrons. The van der Waals surface area contributed by atoms with Crippen molar-refractivity contribution in [2.75, 3.05) is 7.11 Å². The first kappa shape index (κ1) is 18.0. The second kappa shape index (κ2) is 7.99. The highest BCUT2D eigenvalue weighted by Gasteiger charge is 2.35. The number of benzene rings is 1. The third kappa shape index (κ3) is 4.16. The van der Waals surface area contributed by atoms with Crippen molar-refractivity contribution in [1.82, 2.24) is 5.32 Å². The van der Waals surface area contributed by atoms with Gasteiger partial charge >= 0.3 is 5.97 Å². The van der Waals surface area contributed by atoms with Crippen molar-refractivity contribution in [3.63, 3.8) is 0 Å². The van der Waals surface area contributed by atoms with E-state index in [-0.39, 0.29) is 17.9 Å². The van der Waals surface area contributed by atoms with Crippen LogP contribution in [0.5, 0.6) is 5.75 Å². The van der Waals surface area contributed by atoms with Gasteiger partial charge in [-0.1, -0.05) is 38.1 Å². The highest BCUT2D eigenvalue weighted by Crippen LogP contribution is 2.29. The molecule has 1 amide bonds. The van der Waals surface area contributed by atoms with Gasteiger partial charge in [0.1, 0.15) is 5.75 Å². The van der Waals surface area contributed by atoms with Crippen LogP contribution in [0.2, 0.25) is 0 Å². The Morgan fingerprint density at radius 1 is 1.12 bits per heavy atom. The van der Waals surface area contributed by atoms with Gasteiger partial charge in [0.25, 0.3) is 0 Å². The number of hydrogen-bond acceptors (Lipinski definition) is 3. The maximum absolute atomic E-state index is 12.7. The fraction of sp³-hybridized carbons (Fsp3) is 0.474. The zero-order valence-corrected chi connectivity index (χ0v) is 14.4. The lowest BCUT2D eigenvalue weighted by Crippen LogP contribution is -2.41. The van der Waals surface area contributed by atoms with Gasteiger partial charge in [-0.15, -0.1) is 0 Å². The average Bonchev–Trinajstić information content (AvgIpc) is 2.59. The molecular formula is C19H25NO4. The molecule has 5 heteroatoms. The van der Waals surface area contributed by atoms with Crippen LogP contribution in [0.3, 0.4) is 0 Å². The van der Waals surface area contributed by atoms with E-state index in [2.05, 4.69) is 5.32 Å². The standard InChI is InChI=1S/C19H25NO4/c1-12(2)17(13-8-10-14(24-3)11-9-13)20-18(21)15-6-4-5-7-16(15)19(22)23/h4-5,8-12,15-17H,6-7H2,1-3H3,(H,20,21)(H,22,23)/t15-,16+,17-/m1/s1. The lowest BCUT2D eigenvalue weighted by Gasteiger charge is -2.29. The second-order valence-corrected chi connectivity index (χ2v) is 6.50. The van der Waals surface area contributed by atoms with E-state index in [1.165, 1.54) is 0 Å². The van der Waals surface area contributed by atoms with Gasteiger partial charge in [0.05, 0.1) is 25.0 Å². The Bertz CT molecular complexity index is 606. The lowest BCUT2D eigenvalue weighted by atomic mass is 9.82. The van der Waals surface area contributed by atoms with Gasteiger partial charge in [-0.25, -0.2) is 0 Å². The lowest BCUT2D eigenvalue weighted by molar-refractivity contribution is -0.147. The van der Waals surface area contributed by atoms with E-state index in [1.54, 1.807) is 7.11 Å². The number of nitrogens with one attached hydrogen (secondary N) is 1. The van der Waals surface area contributed by atoms with Gasteiger partial charge in [0.2, 0.25) is 5.91 Å². The minimum Gasteiger partial charge on any atom is -0.497 e. The zero-order valence-electron chi connectivity index (χ0n) is 14.4. The van der Waals surface area contributed by atoms with Crippen molar-refractivity contribution < 1.29 is 19.4 Å². The summed E-state index contributed by atoms with van der Waals surface area (Å²) < 4.78 is 5.17. The molecular weight excluding hydrogens is 306 g/mol. The first-order valence-electron chi connectivity index (χ1n) is 8.26. The summed E-state index contributed by atoms with van der Waals surface area (Å²) in [7, 11) is 1.61. The SMILES string of the molecule is COc1ccc([C@H](NC(=O)[C@@H]2CC=CC[C@@H]2C(=O)O)C(C)C)cc1. The van der Waals surface area contributed by atoms with Gasteiger partial charge in [-0.05, 0) is 36.5 Å². The number of rotatable bonds is 6. The molecule has 2 N–H and O–H groups in total. The fourth-order valence-electron chi connectivity index (χ4n) is 3.08. The molecule has 0 saturated heterocycles. The largest absolute Gasteiger partial charge is 0.497 e. The van der Waals surface area contributed by atoms with Crippen LogP contribution in [0, 0.1) is 17.8 Å². The summed E-state index contributed by atoms with van der Waals surface area (Å²) in [4.78, 5) is 24.1. The molecule has 1 aromatic rings. The van der Waals surface area contributed by atoms with Crippen LogP contribution in [0.25, 0.3) is 0 Å². The van der Waals surface area contributed by atoms with E-state index < -0.39 is 17.8 Å². The number of aliphatic carboxylic acids is 1. The number of carboxylic acid groups (broad SMARTS) is 1. The van der Waals surface area contributed by atoms with Crippen LogP contribution in [-0.4, -0.2) is 24.1 Å². The predicted octanol–water partition coefficient (Wildman–Crippen LogP) is 3.18. The first-order chi connectivity index (χ1) is 11.4. The van der Waals surface area contributed by atoms with Gasteiger partial charge in [0.15, 0.2) is 0 Å². The molecule has 0 unspecified atom stereocenters. The van der Waals surface area contributed by atoms with Crippen molar-refractivity contribution in [2.24, 2.45) is 17.8 Å². The van der Waals surface area contributed by atoms with Crippen LogP contribution in [-0.2, 0) is 9.59 Å². The monoisotopic (exact) mass is 331 g/mol. The van der Waals surface area contributed by atoms with Gasteiger partial charge in [-0.3, -0.25) is 9.59 Å². The fourth-order valence-corrected chi connectivity index (χ4v) is 3.08. The van der Waals surface area contributed by atoms with Crippen molar-refractivity contribution in [3.05, 3.63) is 42.0 Å². The van der Waals surface area contributed by atoms with E-state index in [0.29, 0.717) is 12.8 Å². The molecule has 0 bridgehead atoms. The summed E-state index contributed by atoms with van der Waals surface area (Å²) >= 11 is 0. The molecule has 0 aromatic heterocycles. The number of hydrogen-bond donors (Lipinski definition) is 2. The number of carbonyl (C=O) groups is 2. The number of methoxy groups -OCH3 is 1.